The van der Waals surface area contributed by atoms with Crippen molar-refractivity contribution >= 4 is 19.3 Å². The van der Waals surface area contributed by atoms with Crippen LogP contribution >= 0.6 is 0 Å². The van der Waals surface area contributed by atoms with E-state index in [1.165, 1.54) is 0 Å². The van der Waals surface area contributed by atoms with E-state index in [1.807, 2.05) is 82.3 Å². The minimum absolute atomic E-state index is 0.192. The first-order valence-corrected chi connectivity index (χ1v) is 10.9. The Labute approximate surface area is 196 Å². The van der Waals surface area contributed by atoms with Crippen molar-refractivity contribution in [3.8, 4) is 11.5 Å². The maximum atomic E-state index is 12.3. The average Bonchev–Trinajstić information content (AvgIpc) is 3.02. The minimum atomic E-state index is -0.627. The highest BCUT2D eigenvalue weighted by Gasteiger charge is 2.52. The molecule has 0 unspecified atom stereocenters. The molecule has 0 spiro atoms. The van der Waals surface area contributed by atoms with Crippen LogP contribution < -0.4 is 14.8 Å². The Hall–Kier alpha value is -2.97. The number of rotatable bonds is 8. The van der Waals surface area contributed by atoms with Gasteiger partial charge in [0.2, 0.25) is 0 Å². The first kappa shape index (κ1) is 24.7. The number of carbonyl (C=O) groups excluding carboxylic acids is 1. The Kier molecular flexibility index (Phi) is 7.71. The number of benzene rings is 2. The molecule has 0 bridgehead atoms. The summed E-state index contributed by atoms with van der Waals surface area (Å²) in [6, 6.07) is 15.1. The number of hydrogen-bond acceptors (Lipinski definition) is 6. The molecule has 1 aliphatic rings. The summed E-state index contributed by atoms with van der Waals surface area (Å²) in [5.74, 6) is 1.24. The van der Waals surface area contributed by atoms with Crippen LogP contribution in [-0.4, -0.2) is 45.2 Å². The first-order chi connectivity index (χ1) is 15.6. The molecule has 176 valence electrons. The predicted octanol–water partition coefficient (Wildman–Crippen LogP) is 4.65. The van der Waals surface area contributed by atoms with E-state index in [9.17, 15) is 4.79 Å². The van der Waals surface area contributed by atoms with Crippen molar-refractivity contribution in [2.24, 2.45) is 0 Å². The van der Waals surface area contributed by atoms with Gasteiger partial charge in [0, 0.05) is 6.54 Å². The molecular formula is C25H32BNO6. The van der Waals surface area contributed by atoms with Gasteiger partial charge in [-0.25, -0.2) is 4.79 Å². The van der Waals surface area contributed by atoms with Crippen molar-refractivity contribution < 1.29 is 28.3 Å². The van der Waals surface area contributed by atoms with Crippen LogP contribution in [0.5, 0.6) is 11.5 Å². The summed E-state index contributed by atoms with van der Waals surface area (Å²) in [5.41, 5.74) is 1.50. The number of carbonyl (C=O) groups is 1. The summed E-state index contributed by atoms with van der Waals surface area (Å²) in [6.45, 7) is 8.34. The lowest BCUT2D eigenvalue weighted by Crippen LogP contribution is -2.41. The lowest BCUT2D eigenvalue weighted by Gasteiger charge is -2.32. The molecule has 1 saturated heterocycles. The molecule has 0 radical (unpaired) electrons. The Morgan fingerprint density at radius 3 is 2.21 bits per heavy atom. The van der Waals surface area contributed by atoms with Crippen LogP contribution in [-0.2, 0) is 20.7 Å². The topological polar surface area (TPSA) is 75.3 Å². The third-order valence-electron chi connectivity index (χ3n) is 5.97. The highest BCUT2D eigenvalue weighted by atomic mass is 16.7. The van der Waals surface area contributed by atoms with E-state index in [4.69, 9.17) is 23.5 Å². The van der Waals surface area contributed by atoms with E-state index in [-0.39, 0.29) is 13.2 Å². The van der Waals surface area contributed by atoms with Gasteiger partial charge in [-0.3, -0.25) is 0 Å². The lowest BCUT2D eigenvalue weighted by molar-refractivity contribution is 0.00578. The van der Waals surface area contributed by atoms with Crippen LogP contribution in [0.2, 0.25) is 0 Å². The molecule has 1 fully saturated rings. The van der Waals surface area contributed by atoms with Crippen molar-refractivity contribution in [3.63, 3.8) is 0 Å². The average molecular weight is 453 g/mol. The smallest absolute Gasteiger partial charge is 0.492 e. The van der Waals surface area contributed by atoms with E-state index >= 15 is 0 Å². The number of ether oxygens (including phenoxy) is 3. The van der Waals surface area contributed by atoms with Gasteiger partial charge in [0.15, 0.2) is 11.5 Å². The number of amides is 1. The zero-order valence-corrected chi connectivity index (χ0v) is 20.1. The maximum Gasteiger partial charge on any atom is 0.492 e. The molecule has 1 amide bonds. The van der Waals surface area contributed by atoms with Crippen LogP contribution in [0.1, 0.15) is 38.8 Å². The van der Waals surface area contributed by atoms with Crippen LogP contribution in [0.4, 0.5) is 4.79 Å². The largest absolute Gasteiger partial charge is 0.493 e. The third-order valence-corrected chi connectivity index (χ3v) is 5.97. The van der Waals surface area contributed by atoms with Crippen LogP contribution in [0.3, 0.4) is 0 Å². The van der Waals surface area contributed by atoms with Crippen molar-refractivity contribution in [2.75, 3.05) is 20.8 Å². The Morgan fingerprint density at radius 1 is 0.970 bits per heavy atom. The Balaban J connectivity index is 1.77. The van der Waals surface area contributed by atoms with E-state index in [0.29, 0.717) is 11.5 Å². The second-order valence-corrected chi connectivity index (χ2v) is 8.84. The molecule has 0 aromatic heterocycles. The van der Waals surface area contributed by atoms with Gasteiger partial charge in [-0.2, -0.15) is 0 Å². The SMILES string of the molecule is COc1ccc(C=C(CNC(=O)OCc2ccccc2)B2OC(C)(C)C(C)(C)O2)cc1OC. The fraction of sp³-hybridized carbons (Fsp3) is 0.400. The third kappa shape index (κ3) is 6.09. The molecule has 2 aromatic rings. The molecular weight excluding hydrogens is 421 g/mol. The van der Waals surface area contributed by atoms with Gasteiger partial charge in [0.25, 0.3) is 0 Å². The quantitative estimate of drug-likeness (QED) is 0.587. The van der Waals surface area contributed by atoms with Gasteiger partial charge < -0.3 is 28.8 Å². The normalized spacial score (nSPS) is 16.9. The van der Waals surface area contributed by atoms with Gasteiger partial charge in [0.1, 0.15) is 6.61 Å². The molecule has 1 N–H and O–H groups in total. The van der Waals surface area contributed by atoms with Crippen LogP contribution in [0.25, 0.3) is 6.08 Å². The van der Waals surface area contributed by atoms with Crippen molar-refractivity contribution in [1.82, 2.24) is 5.32 Å². The van der Waals surface area contributed by atoms with E-state index in [1.54, 1.807) is 14.2 Å². The van der Waals surface area contributed by atoms with Gasteiger partial charge in [-0.1, -0.05) is 42.5 Å². The predicted molar refractivity (Wildman–Crippen MR) is 128 cm³/mol. The number of alkyl carbamates (subject to hydrolysis) is 1. The van der Waals surface area contributed by atoms with Crippen molar-refractivity contribution in [1.29, 1.82) is 0 Å². The standard InChI is InChI=1S/C25H32BNO6/c1-24(2)25(3,4)33-26(32-24)20(14-19-12-13-21(29-5)22(15-19)30-6)16-27-23(28)31-17-18-10-8-7-9-11-18/h7-15H,16-17H2,1-6H3,(H,27,28). The lowest BCUT2D eigenvalue weighted by atomic mass is 9.77. The fourth-order valence-corrected chi connectivity index (χ4v) is 3.30. The minimum Gasteiger partial charge on any atom is -0.493 e. The van der Waals surface area contributed by atoms with Crippen LogP contribution in [0, 0.1) is 0 Å². The number of hydrogen-bond donors (Lipinski definition) is 1. The first-order valence-electron chi connectivity index (χ1n) is 10.9. The number of nitrogens with one attached hydrogen (secondary N) is 1. The summed E-state index contributed by atoms with van der Waals surface area (Å²) in [7, 11) is 2.55. The highest BCUT2D eigenvalue weighted by Crippen LogP contribution is 2.39. The molecule has 8 heteroatoms. The van der Waals surface area contributed by atoms with Crippen molar-refractivity contribution in [2.45, 2.75) is 45.5 Å². The molecule has 2 aromatic carbocycles. The fourth-order valence-electron chi connectivity index (χ4n) is 3.30. The van der Waals surface area contributed by atoms with Crippen LogP contribution in [0.15, 0.2) is 54.0 Å². The Morgan fingerprint density at radius 2 is 1.61 bits per heavy atom. The molecule has 1 aliphatic heterocycles. The van der Waals surface area contributed by atoms with E-state index in [0.717, 1.165) is 16.6 Å². The summed E-state index contributed by atoms with van der Waals surface area (Å²) < 4.78 is 28.5. The molecule has 0 aliphatic carbocycles. The molecule has 1 heterocycles. The summed E-state index contributed by atoms with van der Waals surface area (Å²) in [4.78, 5) is 12.3. The molecule has 7 nitrogen and oxygen atoms in total. The molecule has 0 atom stereocenters. The molecule has 33 heavy (non-hydrogen) atoms. The van der Waals surface area contributed by atoms with Gasteiger partial charge in [-0.15, -0.1) is 0 Å². The second-order valence-electron chi connectivity index (χ2n) is 8.84. The van der Waals surface area contributed by atoms with E-state index < -0.39 is 24.4 Å². The van der Waals surface area contributed by atoms with E-state index in [2.05, 4.69) is 5.32 Å². The second kappa shape index (κ2) is 10.3. The summed E-state index contributed by atoms with van der Waals surface area (Å²) in [5, 5.41) is 2.81. The zero-order chi connectivity index (χ0) is 24.1. The number of methoxy groups -OCH3 is 2. The van der Waals surface area contributed by atoms with Gasteiger partial charge >= 0.3 is 13.2 Å². The zero-order valence-electron chi connectivity index (χ0n) is 20.1. The summed E-state index contributed by atoms with van der Waals surface area (Å²) >= 11 is 0. The molecule has 0 saturated carbocycles. The molecule has 3 rings (SSSR count). The van der Waals surface area contributed by atoms with Gasteiger partial charge in [0.05, 0.1) is 25.4 Å². The van der Waals surface area contributed by atoms with Crippen molar-refractivity contribution in [3.05, 3.63) is 65.1 Å². The van der Waals surface area contributed by atoms with Gasteiger partial charge in [-0.05, 0) is 56.4 Å². The highest BCUT2D eigenvalue weighted by molar-refractivity contribution is 6.56. The Bertz CT molecular complexity index is 974. The monoisotopic (exact) mass is 453 g/mol. The summed E-state index contributed by atoms with van der Waals surface area (Å²) in [6.07, 6.45) is 1.40. The maximum absolute atomic E-state index is 12.3.